The highest BCUT2D eigenvalue weighted by Gasteiger charge is 2.48. The SMILES string of the molecule is CCOC1CC(CN)(N(C)C(C)C(C)C)C1. The summed E-state index contributed by atoms with van der Waals surface area (Å²) in [6, 6.07) is 0.575. The highest BCUT2D eigenvalue weighted by atomic mass is 16.5. The summed E-state index contributed by atoms with van der Waals surface area (Å²) in [7, 11) is 2.21. The summed E-state index contributed by atoms with van der Waals surface area (Å²) in [5, 5.41) is 0. The molecule has 0 bridgehead atoms. The van der Waals surface area contributed by atoms with Crippen molar-refractivity contribution in [3.8, 4) is 0 Å². The zero-order valence-electron chi connectivity index (χ0n) is 11.5. The lowest BCUT2D eigenvalue weighted by Crippen LogP contribution is -2.65. The second-order valence-electron chi connectivity index (χ2n) is 5.51. The van der Waals surface area contributed by atoms with Crippen LogP contribution >= 0.6 is 0 Å². The highest BCUT2D eigenvalue weighted by Crippen LogP contribution is 2.40. The molecule has 0 aromatic rings. The molecule has 1 aliphatic rings. The fourth-order valence-corrected chi connectivity index (χ4v) is 2.62. The molecule has 0 aromatic heterocycles. The Morgan fingerprint density at radius 2 is 1.94 bits per heavy atom. The predicted octanol–water partition coefficient (Wildman–Crippen LogP) is 1.86. The van der Waals surface area contributed by atoms with E-state index in [1.54, 1.807) is 0 Å². The van der Waals surface area contributed by atoms with E-state index >= 15 is 0 Å². The van der Waals surface area contributed by atoms with Gasteiger partial charge in [0.05, 0.1) is 6.10 Å². The maximum atomic E-state index is 5.97. The summed E-state index contributed by atoms with van der Waals surface area (Å²) >= 11 is 0. The first kappa shape index (κ1) is 13.9. The van der Waals surface area contributed by atoms with Gasteiger partial charge in [-0.25, -0.2) is 0 Å². The van der Waals surface area contributed by atoms with E-state index in [0.717, 1.165) is 26.0 Å². The summed E-state index contributed by atoms with van der Waals surface area (Å²) in [4.78, 5) is 2.47. The minimum atomic E-state index is 0.184. The molecular weight excluding hydrogens is 200 g/mol. The molecule has 3 nitrogen and oxygen atoms in total. The van der Waals surface area contributed by atoms with Crippen LogP contribution in [0.15, 0.2) is 0 Å². The lowest BCUT2D eigenvalue weighted by molar-refractivity contribution is -0.107. The molecule has 0 aliphatic heterocycles. The van der Waals surface area contributed by atoms with Crippen LogP contribution in [0, 0.1) is 5.92 Å². The van der Waals surface area contributed by atoms with Crippen molar-refractivity contribution in [2.24, 2.45) is 11.7 Å². The van der Waals surface area contributed by atoms with E-state index in [0.29, 0.717) is 18.1 Å². The molecule has 2 N–H and O–H groups in total. The molecule has 16 heavy (non-hydrogen) atoms. The molecule has 1 rings (SSSR count). The van der Waals surface area contributed by atoms with Gasteiger partial charge in [-0.05, 0) is 39.7 Å². The molecule has 1 aliphatic carbocycles. The van der Waals surface area contributed by atoms with Crippen LogP contribution in [-0.2, 0) is 4.74 Å². The first-order valence-electron chi connectivity index (χ1n) is 6.51. The van der Waals surface area contributed by atoms with Crippen LogP contribution in [0.25, 0.3) is 0 Å². The van der Waals surface area contributed by atoms with Crippen LogP contribution in [0.1, 0.15) is 40.5 Å². The minimum Gasteiger partial charge on any atom is -0.378 e. The van der Waals surface area contributed by atoms with Gasteiger partial charge in [-0.1, -0.05) is 13.8 Å². The lowest BCUT2D eigenvalue weighted by atomic mass is 9.72. The number of rotatable bonds is 6. The van der Waals surface area contributed by atoms with Crippen molar-refractivity contribution in [2.75, 3.05) is 20.2 Å². The Balaban J connectivity index is 2.56. The monoisotopic (exact) mass is 228 g/mol. The molecule has 1 unspecified atom stereocenters. The average Bonchev–Trinajstić information content (AvgIpc) is 2.20. The van der Waals surface area contributed by atoms with Crippen molar-refractivity contribution in [3.63, 3.8) is 0 Å². The topological polar surface area (TPSA) is 38.5 Å². The van der Waals surface area contributed by atoms with Gasteiger partial charge in [-0.2, -0.15) is 0 Å². The van der Waals surface area contributed by atoms with E-state index in [-0.39, 0.29) is 5.54 Å². The highest BCUT2D eigenvalue weighted by molar-refractivity contribution is 5.05. The summed E-state index contributed by atoms with van der Waals surface area (Å²) < 4.78 is 5.64. The van der Waals surface area contributed by atoms with Gasteiger partial charge in [0.15, 0.2) is 0 Å². The molecule has 0 spiro atoms. The molecule has 0 aromatic carbocycles. The van der Waals surface area contributed by atoms with Crippen LogP contribution in [0.4, 0.5) is 0 Å². The van der Waals surface area contributed by atoms with Crippen molar-refractivity contribution in [2.45, 2.75) is 58.2 Å². The van der Waals surface area contributed by atoms with Gasteiger partial charge < -0.3 is 10.5 Å². The van der Waals surface area contributed by atoms with Gasteiger partial charge in [-0.3, -0.25) is 4.90 Å². The van der Waals surface area contributed by atoms with Crippen LogP contribution in [-0.4, -0.2) is 42.8 Å². The van der Waals surface area contributed by atoms with Crippen LogP contribution in [0.5, 0.6) is 0 Å². The first-order chi connectivity index (χ1) is 7.46. The smallest absolute Gasteiger partial charge is 0.0611 e. The molecule has 1 fully saturated rings. The average molecular weight is 228 g/mol. The number of likely N-dealkylation sites (N-methyl/N-ethyl adjacent to an activating group) is 1. The molecule has 96 valence electrons. The van der Waals surface area contributed by atoms with Crippen molar-refractivity contribution < 1.29 is 4.74 Å². The molecule has 1 saturated carbocycles. The Labute approximate surface area is 100 Å². The number of nitrogens with zero attached hydrogens (tertiary/aromatic N) is 1. The third kappa shape index (κ3) is 2.58. The van der Waals surface area contributed by atoms with E-state index in [9.17, 15) is 0 Å². The fraction of sp³-hybridized carbons (Fsp3) is 1.00. The standard InChI is InChI=1S/C13H28N2O/c1-6-16-12-7-13(8-12,9-14)15(5)11(4)10(2)3/h10-12H,6-9,14H2,1-5H3. The fourth-order valence-electron chi connectivity index (χ4n) is 2.62. The van der Waals surface area contributed by atoms with Gasteiger partial charge in [-0.15, -0.1) is 0 Å². The summed E-state index contributed by atoms with van der Waals surface area (Å²) in [6.07, 6.45) is 2.60. The van der Waals surface area contributed by atoms with Gasteiger partial charge in [0.25, 0.3) is 0 Å². The normalized spacial score (nSPS) is 31.9. The second kappa shape index (κ2) is 5.48. The molecule has 3 heteroatoms. The molecule has 0 radical (unpaired) electrons. The van der Waals surface area contributed by atoms with Crippen LogP contribution in [0.3, 0.4) is 0 Å². The number of hydrogen-bond donors (Lipinski definition) is 1. The van der Waals surface area contributed by atoms with E-state index in [2.05, 4.69) is 39.6 Å². The van der Waals surface area contributed by atoms with Crippen molar-refractivity contribution in [1.82, 2.24) is 4.90 Å². The van der Waals surface area contributed by atoms with Crippen molar-refractivity contribution >= 4 is 0 Å². The number of ether oxygens (including phenoxy) is 1. The number of hydrogen-bond acceptors (Lipinski definition) is 3. The van der Waals surface area contributed by atoms with Gasteiger partial charge in [0, 0.05) is 24.7 Å². The molecule has 1 atom stereocenters. The lowest BCUT2D eigenvalue weighted by Gasteiger charge is -2.54. The predicted molar refractivity (Wildman–Crippen MR) is 68.5 cm³/mol. The zero-order valence-corrected chi connectivity index (χ0v) is 11.5. The van der Waals surface area contributed by atoms with E-state index in [1.807, 2.05) is 0 Å². The summed E-state index contributed by atoms with van der Waals surface area (Å²) in [5.41, 5.74) is 6.15. The minimum absolute atomic E-state index is 0.184. The largest absolute Gasteiger partial charge is 0.378 e. The molecule has 0 heterocycles. The first-order valence-corrected chi connectivity index (χ1v) is 6.51. The third-order valence-electron chi connectivity index (χ3n) is 4.32. The van der Waals surface area contributed by atoms with Crippen molar-refractivity contribution in [3.05, 3.63) is 0 Å². The second-order valence-corrected chi connectivity index (χ2v) is 5.51. The van der Waals surface area contributed by atoms with E-state index in [1.165, 1.54) is 0 Å². The third-order valence-corrected chi connectivity index (χ3v) is 4.32. The Bertz CT molecular complexity index is 212. The number of nitrogens with two attached hydrogens (primary N) is 1. The van der Waals surface area contributed by atoms with Crippen LogP contribution < -0.4 is 5.73 Å². The van der Waals surface area contributed by atoms with Gasteiger partial charge >= 0.3 is 0 Å². The summed E-state index contributed by atoms with van der Waals surface area (Å²) in [5.74, 6) is 0.666. The van der Waals surface area contributed by atoms with Gasteiger partial charge in [0.1, 0.15) is 0 Å². The van der Waals surface area contributed by atoms with E-state index in [4.69, 9.17) is 10.5 Å². The Kier molecular flexibility index (Phi) is 4.77. The Hall–Kier alpha value is -0.120. The molecule has 0 amide bonds. The van der Waals surface area contributed by atoms with Crippen molar-refractivity contribution in [1.29, 1.82) is 0 Å². The maximum Gasteiger partial charge on any atom is 0.0611 e. The summed E-state index contributed by atoms with van der Waals surface area (Å²) in [6.45, 7) is 10.4. The Morgan fingerprint density at radius 1 is 1.38 bits per heavy atom. The molecule has 0 saturated heterocycles. The maximum absolute atomic E-state index is 5.97. The molecular formula is C13H28N2O. The van der Waals surface area contributed by atoms with E-state index < -0.39 is 0 Å². The quantitative estimate of drug-likeness (QED) is 0.754. The Morgan fingerprint density at radius 3 is 2.31 bits per heavy atom. The van der Waals surface area contributed by atoms with Crippen LogP contribution in [0.2, 0.25) is 0 Å². The zero-order chi connectivity index (χ0) is 12.3. The van der Waals surface area contributed by atoms with Gasteiger partial charge in [0.2, 0.25) is 0 Å².